The molecule has 1 saturated heterocycles. The highest BCUT2D eigenvalue weighted by molar-refractivity contribution is 5.98. The number of carbonyl (C=O) groups is 2. The van der Waals surface area contributed by atoms with Gasteiger partial charge in [0, 0.05) is 18.7 Å². The van der Waals surface area contributed by atoms with E-state index in [9.17, 15) is 14.7 Å². The van der Waals surface area contributed by atoms with Crippen LogP contribution in [0.2, 0.25) is 0 Å². The van der Waals surface area contributed by atoms with Gasteiger partial charge >= 0.3 is 0 Å². The molecule has 1 fully saturated rings. The fourth-order valence-electron chi connectivity index (χ4n) is 3.38. The molecule has 2 N–H and O–H groups in total. The molecule has 2 aromatic rings. The second-order valence-corrected chi connectivity index (χ2v) is 6.89. The Kier molecular flexibility index (Phi) is 6.60. The Morgan fingerprint density at radius 2 is 1.48 bits per heavy atom. The maximum atomic E-state index is 12.6. The smallest absolute Gasteiger partial charge is 0.251 e. The lowest BCUT2D eigenvalue weighted by Gasteiger charge is -2.25. The summed E-state index contributed by atoms with van der Waals surface area (Å²) in [6.07, 6.45) is 4.18. The lowest BCUT2D eigenvalue weighted by atomic mass is 10.0. The van der Waals surface area contributed by atoms with Crippen molar-refractivity contribution in [3.05, 3.63) is 60.2 Å². The molecule has 0 unspecified atom stereocenters. The van der Waals surface area contributed by atoms with Gasteiger partial charge in [-0.25, -0.2) is 0 Å². The quantitative estimate of drug-likeness (QED) is 0.855. The van der Waals surface area contributed by atoms with Crippen molar-refractivity contribution in [2.75, 3.05) is 19.7 Å². The summed E-state index contributed by atoms with van der Waals surface area (Å²) >= 11 is 0. The van der Waals surface area contributed by atoms with Crippen molar-refractivity contribution in [3.8, 4) is 11.1 Å². The van der Waals surface area contributed by atoms with Crippen molar-refractivity contribution >= 4 is 11.8 Å². The molecule has 1 aliphatic rings. The van der Waals surface area contributed by atoms with E-state index in [0.717, 1.165) is 36.8 Å². The van der Waals surface area contributed by atoms with Crippen molar-refractivity contribution in [1.82, 2.24) is 10.2 Å². The van der Waals surface area contributed by atoms with Crippen LogP contribution in [0.25, 0.3) is 11.1 Å². The molecule has 0 radical (unpaired) electrons. The summed E-state index contributed by atoms with van der Waals surface area (Å²) in [5, 5.41) is 12.3. The minimum Gasteiger partial charge on any atom is -0.394 e. The zero-order valence-corrected chi connectivity index (χ0v) is 15.4. The van der Waals surface area contributed by atoms with Gasteiger partial charge in [-0.05, 0) is 36.1 Å². The monoisotopic (exact) mass is 366 g/mol. The number of hydrogen-bond donors (Lipinski definition) is 2. The number of nitrogens with one attached hydrogen (secondary N) is 1. The Morgan fingerprint density at radius 1 is 0.889 bits per heavy atom. The SMILES string of the molecule is O=C(N[C@@H](CO)C(=O)N1CCCCCC1)c1ccc(-c2ccccc2)cc1. The van der Waals surface area contributed by atoms with Crippen molar-refractivity contribution in [3.63, 3.8) is 0 Å². The van der Waals surface area contributed by atoms with Gasteiger partial charge in [-0.2, -0.15) is 0 Å². The van der Waals surface area contributed by atoms with Crippen molar-refractivity contribution in [1.29, 1.82) is 0 Å². The average molecular weight is 366 g/mol. The van der Waals surface area contributed by atoms with Crippen LogP contribution in [-0.4, -0.2) is 47.6 Å². The normalized spacial score (nSPS) is 15.7. The molecule has 5 heteroatoms. The van der Waals surface area contributed by atoms with E-state index >= 15 is 0 Å². The van der Waals surface area contributed by atoms with Gasteiger partial charge in [0.15, 0.2) is 0 Å². The van der Waals surface area contributed by atoms with Gasteiger partial charge in [0.25, 0.3) is 5.91 Å². The Morgan fingerprint density at radius 3 is 2.07 bits per heavy atom. The van der Waals surface area contributed by atoms with Crippen LogP contribution < -0.4 is 5.32 Å². The zero-order valence-electron chi connectivity index (χ0n) is 15.4. The zero-order chi connectivity index (χ0) is 19.1. The highest BCUT2D eigenvalue weighted by Crippen LogP contribution is 2.19. The van der Waals surface area contributed by atoms with Crippen molar-refractivity contribution < 1.29 is 14.7 Å². The number of aliphatic hydroxyl groups is 1. The molecule has 142 valence electrons. The van der Waals surface area contributed by atoms with Crippen LogP contribution in [0.5, 0.6) is 0 Å². The maximum Gasteiger partial charge on any atom is 0.251 e. The van der Waals surface area contributed by atoms with Crippen LogP contribution in [0.3, 0.4) is 0 Å². The molecule has 2 amide bonds. The standard InChI is InChI=1S/C22H26N2O3/c25-16-20(22(27)24-14-6-1-2-7-15-24)23-21(26)19-12-10-18(11-13-19)17-8-4-3-5-9-17/h3-5,8-13,20,25H,1-2,6-7,14-16H2,(H,23,26)/t20-/m0/s1. The third kappa shape index (κ3) is 4.95. The van der Waals surface area contributed by atoms with Gasteiger partial charge in [0.05, 0.1) is 6.61 Å². The molecule has 1 heterocycles. The van der Waals surface area contributed by atoms with E-state index in [0.29, 0.717) is 18.7 Å². The summed E-state index contributed by atoms with van der Waals surface area (Å²) in [5.74, 6) is -0.550. The van der Waals surface area contributed by atoms with E-state index in [1.165, 1.54) is 0 Å². The van der Waals surface area contributed by atoms with Crippen LogP contribution in [0.4, 0.5) is 0 Å². The van der Waals surface area contributed by atoms with Crippen LogP contribution in [0.15, 0.2) is 54.6 Å². The minimum absolute atomic E-state index is 0.200. The number of rotatable bonds is 5. The number of amides is 2. The van der Waals surface area contributed by atoms with Gasteiger partial charge in [-0.15, -0.1) is 0 Å². The fraction of sp³-hybridized carbons (Fsp3) is 0.364. The van der Waals surface area contributed by atoms with E-state index < -0.39 is 12.6 Å². The first-order valence-corrected chi connectivity index (χ1v) is 9.55. The molecule has 1 aliphatic heterocycles. The minimum atomic E-state index is -0.899. The molecule has 1 atom stereocenters. The Balaban J connectivity index is 1.65. The van der Waals surface area contributed by atoms with Crippen molar-refractivity contribution in [2.45, 2.75) is 31.7 Å². The third-order valence-electron chi connectivity index (χ3n) is 4.96. The first-order valence-electron chi connectivity index (χ1n) is 9.55. The lowest BCUT2D eigenvalue weighted by Crippen LogP contribution is -2.50. The largest absolute Gasteiger partial charge is 0.394 e. The molecular formula is C22H26N2O3. The lowest BCUT2D eigenvalue weighted by molar-refractivity contribution is -0.134. The molecule has 0 aromatic heterocycles. The molecule has 0 saturated carbocycles. The van der Waals surface area contributed by atoms with E-state index in [2.05, 4.69) is 5.32 Å². The number of hydrogen-bond acceptors (Lipinski definition) is 3. The summed E-state index contributed by atoms with van der Waals surface area (Å²) in [7, 11) is 0. The molecule has 5 nitrogen and oxygen atoms in total. The van der Waals surface area contributed by atoms with Crippen LogP contribution in [0.1, 0.15) is 36.0 Å². The fourth-order valence-corrected chi connectivity index (χ4v) is 3.38. The van der Waals surface area contributed by atoms with Gasteiger partial charge in [-0.1, -0.05) is 55.3 Å². The Labute approximate surface area is 160 Å². The predicted molar refractivity (Wildman–Crippen MR) is 105 cm³/mol. The van der Waals surface area contributed by atoms with Gasteiger partial charge in [0.2, 0.25) is 5.91 Å². The maximum absolute atomic E-state index is 12.6. The first kappa shape index (κ1) is 19.1. The highest BCUT2D eigenvalue weighted by Gasteiger charge is 2.26. The van der Waals surface area contributed by atoms with E-state index in [4.69, 9.17) is 0 Å². The molecule has 2 aromatic carbocycles. The second kappa shape index (κ2) is 9.33. The number of carbonyl (C=O) groups excluding carboxylic acids is 2. The number of benzene rings is 2. The van der Waals surface area contributed by atoms with Gasteiger partial charge in [0.1, 0.15) is 6.04 Å². The summed E-state index contributed by atoms with van der Waals surface area (Å²) in [4.78, 5) is 26.9. The Bertz CT molecular complexity index is 751. The van der Waals surface area contributed by atoms with E-state index in [1.54, 1.807) is 17.0 Å². The summed E-state index contributed by atoms with van der Waals surface area (Å²) < 4.78 is 0. The van der Waals surface area contributed by atoms with Crippen LogP contribution >= 0.6 is 0 Å². The van der Waals surface area contributed by atoms with Gasteiger partial charge < -0.3 is 15.3 Å². The average Bonchev–Trinajstić information content (AvgIpc) is 3.01. The third-order valence-corrected chi connectivity index (χ3v) is 4.96. The molecule has 0 aliphatic carbocycles. The molecule has 0 spiro atoms. The predicted octanol–water partition coefficient (Wildman–Crippen LogP) is 2.85. The number of aliphatic hydroxyl groups excluding tert-OH is 1. The topological polar surface area (TPSA) is 69.6 Å². The van der Waals surface area contributed by atoms with Gasteiger partial charge in [-0.3, -0.25) is 9.59 Å². The van der Waals surface area contributed by atoms with Crippen LogP contribution in [-0.2, 0) is 4.79 Å². The molecule has 0 bridgehead atoms. The van der Waals surface area contributed by atoms with Crippen molar-refractivity contribution in [2.24, 2.45) is 0 Å². The van der Waals surface area contributed by atoms with E-state index in [1.807, 2.05) is 42.5 Å². The summed E-state index contributed by atoms with van der Waals surface area (Å²) in [6.45, 7) is 0.983. The van der Waals surface area contributed by atoms with E-state index in [-0.39, 0.29) is 11.8 Å². The molecular weight excluding hydrogens is 340 g/mol. The Hall–Kier alpha value is -2.66. The number of nitrogens with zero attached hydrogens (tertiary/aromatic N) is 1. The summed E-state index contributed by atoms with van der Waals surface area (Å²) in [5.41, 5.74) is 2.57. The summed E-state index contributed by atoms with van der Waals surface area (Å²) in [6, 6.07) is 16.3. The molecule has 27 heavy (non-hydrogen) atoms. The number of likely N-dealkylation sites (tertiary alicyclic amines) is 1. The first-order chi connectivity index (χ1) is 13.2. The second-order valence-electron chi connectivity index (χ2n) is 6.89. The molecule has 3 rings (SSSR count). The highest BCUT2D eigenvalue weighted by atomic mass is 16.3. The van der Waals surface area contributed by atoms with Crippen LogP contribution in [0, 0.1) is 0 Å².